The van der Waals surface area contributed by atoms with Gasteiger partial charge in [0.05, 0.1) is 4.88 Å². The van der Waals surface area contributed by atoms with Gasteiger partial charge in [-0.05, 0) is 35.4 Å². The predicted molar refractivity (Wildman–Crippen MR) is 75.3 cm³/mol. The second kappa shape index (κ2) is 6.52. The van der Waals surface area contributed by atoms with Crippen molar-refractivity contribution in [2.75, 3.05) is 6.54 Å². The Kier molecular flexibility index (Phi) is 4.74. The highest BCUT2D eigenvalue weighted by atomic mass is 32.1. The summed E-state index contributed by atoms with van der Waals surface area (Å²) >= 11 is 1.33. The SMILES string of the molecule is O=C(O)/C=C/c1ccsc1C(=O)NCCC1CCC1. The first-order valence-corrected chi connectivity index (χ1v) is 7.31. The summed E-state index contributed by atoms with van der Waals surface area (Å²) in [5.41, 5.74) is 0.661. The minimum Gasteiger partial charge on any atom is -0.478 e. The summed E-state index contributed by atoms with van der Waals surface area (Å²) in [6.45, 7) is 0.698. The Balaban J connectivity index is 1.87. The fourth-order valence-corrected chi connectivity index (χ4v) is 2.85. The van der Waals surface area contributed by atoms with Gasteiger partial charge in [0.2, 0.25) is 0 Å². The number of carboxylic acids is 1. The third kappa shape index (κ3) is 3.92. The van der Waals surface area contributed by atoms with E-state index in [9.17, 15) is 9.59 Å². The highest BCUT2D eigenvalue weighted by Crippen LogP contribution is 2.28. The fourth-order valence-electron chi connectivity index (χ4n) is 2.05. The Morgan fingerprint density at radius 1 is 1.47 bits per heavy atom. The van der Waals surface area contributed by atoms with Crippen molar-refractivity contribution in [3.63, 3.8) is 0 Å². The molecule has 1 fully saturated rings. The number of rotatable bonds is 6. The number of hydrogen-bond donors (Lipinski definition) is 2. The molecule has 2 N–H and O–H groups in total. The number of amides is 1. The molecule has 0 saturated heterocycles. The van der Waals surface area contributed by atoms with Crippen molar-refractivity contribution in [2.45, 2.75) is 25.7 Å². The van der Waals surface area contributed by atoms with E-state index < -0.39 is 5.97 Å². The summed E-state index contributed by atoms with van der Waals surface area (Å²) in [6.07, 6.45) is 7.42. The van der Waals surface area contributed by atoms with Crippen molar-refractivity contribution in [3.8, 4) is 0 Å². The van der Waals surface area contributed by atoms with Crippen molar-refractivity contribution in [3.05, 3.63) is 28.0 Å². The molecule has 1 aliphatic rings. The van der Waals surface area contributed by atoms with E-state index in [0.29, 0.717) is 17.0 Å². The maximum Gasteiger partial charge on any atom is 0.328 e. The molecular weight excluding hydrogens is 262 g/mol. The van der Waals surface area contributed by atoms with Crippen LogP contribution in [-0.2, 0) is 4.79 Å². The maximum absolute atomic E-state index is 12.0. The summed E-state index contributed by atoms with van der Waals surface area (Å²) in [6, 6.07) is 1.75. The van der Waals surface area contributed by atoms with Crippen molar-refractivity contribution >= 4 is 29.3 Å². The molecular formula is C14H17NO3S. The van der Waals surface area contributed by atoms with Gasteiger partial charge in [-0.1, -0.05) is 19.3 Å². The molecule has 2 rings (SSSR count). The minimum absolute atomic E-state index is 0.112. The van der Waals surface area contributed by atoms with E-state index in [-0.39, 0.29) is 5.91 Å². The van der Waals surface area contributed by atoms with Gasteiger partial charge in [-0.3, -0.25) is 4.79 Å². The van der Waals surface area contributed by atoms with Gasteiger partial charge in [-0.25, -0.2) is 4.79 Å². The zero-order chi connectivity index (χ0) is 13.7. The third-order valence-electron chi connectivity index (χ3n) is 3.37. The molecule has 4 nitrogen and oxygen atoms in total. The predicted octanol–water partition coefficient (Wildman–Crippen LogP) is 2.77. The van der Waals surface area contributed by atoms with Crippen LogP contribution in [0.5, 0.6) is 0 Å². The van der Waals surface area contributed by atoms with Crippen LogP contribution in [0.1, 0.15) is 40.9 Å². The molecule has 1 aliphatic carbocycles. The first-order chi connectivity index (χ1) is 9.16. The average molecular weight is 279 g/mol. The fraction of sp³-hybridized carbons (Fsp3) is 0.429. The molecule has 5 heteroatoms. The van der Waals surface area contributed by atoms with Gasteiger partial charge < -0.3 is 10.4 Å². The van der Waals surface area contributed by atoms with E-state index in [1.54, 1.807) is 11.4 Å². The molecule has 0 aliphatic heterocycles. The number of hydrogen-bond acceptors (Lipinski definition) is 3. The summed E-state index contributed by atoms with van der Waals surface area (Å²) in [4.78, 5) is 23.0. The monoisotopic (exact) mass is 279 g/mol. The van der Waals surface area contributed by atoms with Crippen LogP contribution in [0.2, 0.25) is 0 Å². The van der Waals surface area contributed by atoms with Crippen molar-refractivity contribution < 1.29 is 14.7 Å². The lowest BCUT2D eigenvalue weighted by atomic mass is 9.83. The molecule has 1 saturated carbocycles. The lowest BCUT2D eigenvalue weighted by Crippen LogP contribution is -2.27. The first-order valence-electron chi connectivity index (χ1n) is 6.43. The molecule has 0 aromatic carbocycles. The highest BCUT2D eigenvalue weighted by Gasteiger charge is 2.17. The molecule has 1 amide bonds. The van der Waals surface area contributed by atoms with Crippen LogP contribution in [0.15, 0.2) is 17.5 Å². The topological polar surface area (TPSA) is 66.4 Å². The third-order valence-corrected chi connectivity index (χ3v) is 4.30. The number of thiophene rings is 1. The quantitative estimate of drug-likeness (QED) is 0.787. The number of carbonyl (C=O) groups is 2. The van der Waals surface area contributed by atoms with Crippen LogP contribution in [0.4, 0.5) is 0 Å². The van der Waals surface area contributed by atoms with Crippen LogP contribution < -0.4 is 5.32 Å². The molecule has 1 heterocycles. The van der Waals surface area contributed by atoms with Crippen molar-refractivity contribution in [1.82, 2.24) is 5.32 Å². The normalized spacial score (nSPS) is 15.4. The van der Waals surface area contributed by atoms with E-state index in [2.05, 4.69) is 5.32 Å². The van der Waals surface area contributed by atoms with Gasteiger partial charge in [0.1, 0.15) is 0 Å². The van der Waals surface area contributed by atoms with Gasteiger partial charge >= 0.3 is 5.97 Å². The Bertz CT molecular complexity index is 489. The van der Waals surface area contributed by atoms with E-state index >= 15 is 0 Å². The first kappa shape index (κ1) is 13.8. The average Bonchev–Trinajstić information content (AvgIpc) is 2.77. The van der Waals surface area contributed by atoms with Crippen LogP contribution in [0.3, 0.4) is 0 Å². The summed E-state index contributed by atoms with van der Waals surface area (Å²) in [5.74, 6) is -0.350. The van der Waals surface area contributed by atoms with Gasteiger partial charge in [0.15, 0.2) is 0 Å². The lowest BCUT2D eigenvalue weighted by molar-refractivity contribution is -0.131. The van der Waals surface area contributed by atoms with Gasteiger partial charge in [0.25, 0.3) is 5.91 Å². The summed E-state index contributed by atoms with van der Waals surface area (Å²) < 4.78 is 0. The minimum atomic E-state index is -1.01. The molecule has 19 heavy (non-hydrogen) atoms. The standard InChI is InChI=1S/C14H17NO3S/c16-12(17)5-4-11-7-9-19-13(11)14(18)15-8-6-10-2-1-3-10/h4-5,7,9-10H,1-3,6,8H2,(H,15,18)(H,16,17)/b5-4+. The van der Waals surface area contributed by atoms with Crippen LogP contribution >= 0.6 is 11.3 Å². The number of carbonyl (C=O) groups excluding carboxylic acids is 1. The largest absolute Gasteiger partial charge is 0.478 e. The Hall–Kier alpha value is -1.62. The zero-order valence-corrected chi connectivity index (χ0v) is 11.4. The molecule has 0 spiro atoms. The maximum atomic E-state index is 12.0. The molecule has 1 aromatic rings. The number of nitrogens with one attached hydrogen (secondary N) is 1. The Morgan fingerprint density at radius 3 is 2.89 bits per heavy atom. The van der Waals surface area contributed by atoms with Gasteiger partial charge in [-0.2, -0.15) is 0 Å². The Labute approximate surface area is 116 Å². The molecule has 0 bridgehead atoms. The number of aliphatic carboxylic acids is 1. The smallest absolute Gasteiger partial charge is 0.328 e. The second-order valence-corrected chi connectivity index (χ2v) is 5.63. The van der Waals surface area contributed by atoms with Crippen LogP contribution in [0, 0.1) is 5.92 Å². The molecule has 0 radical (unpaired) electrons. The highest BCUT2D eigenvalue weighted by molar-refractivity contribution is 7.12. The summed E-state index contributed by atoms with van der Waals surface area (Å²) in [5, 5.41) is 13.3. The summed E-state index contributed by atoms with van der Waals surface area (Å²) in [7, 11) is 0. The molecule has 0 unspecified atom stereocenters. The number of carboxylic acid groups (broad SMARTS) is 1. The van der Waals surface area contributed by atoms with Crippen LogP contribution in [-0.4, -0.2) is 23.5 Å². The van der Waals surface area contributed by atoms with Crippen molar-refractivity contribution in [2.24, 2.45) is 5.92 Å². The molecule has 102 valence electrons. The van der Waals surface area contributed by atoms with Gasteiger partial charge in [-0.15, -0.1) is 11.3 Å². The zero-order valence-electron chi connectivity index (χ0n) is 10.6. The second-order valence-electron chi connectivity index (χ2n) is 4.72. The van der Waals surface area contributed by atoms with E-state index in [1.165, 1.54) is 36.7 Å². The molecule has 1 aromatic heterocycles. The van der Waals surface area contributed by atoms with E-state index in [4.69, 9.17) is 5.11 Å². The van der Waals surface area contributed by atoms with Gasteiger partial charge in [0, 0.05) is 12.6 Å². The van der Waals surface area contributed by atoms with Crippen LogP contribution in [0.25, 0.3) is 6.08 Å². The lowest BCUT2D eigenvalue weighted by Gasteiger charge is -2.25. The van der Waals surface area contributed by atoms with Crippen molar-refractivity contribution in [1.29, 1.82) is 0 Å². The van der Waals surface area contributed by atoms with E-state index in [0.717, 1.165) is 18.4 Å². The Morgan fingerprint density at radius 2 is 2.26 bits per heavy atom. The van der Waals surface area contributed by atoms with E-state index in [1.807, 2.05) is 0 Å². The molecule has 0 atom stereocenters.